The molecule has 0 aromatic heterocycles. The van der Waals surface area contributed by atoms with Crippen LogP contribution in [0.25, 0.3) is 0 Å². The molecule has 3 rings (SSSR count). The first-order chi connectivity index (χ1) is 11.1. The SMILES string of the molecule is CON1C(=O)CCC12CCN(C(=O)Cc1ccccc1C)CC2. The van der Waals surface area contributed by atoms with Gasteiger partial charge in [-0.05, 0) is 37.3 Å². The van der Waals surface area contributed by atoms with Crippen molar-refractivity contribution in [2.75, 3.05) is 20.2 Å². The molecule has 0 atom stereocenters. The smallest absolute Gasteiger partial charge is 0.246 e. The summed E-state index contributed by atoms with van der Waals surface area (Å²) in [5, 5.41) is 1.55. The minimum Gasteiger partial charge on any atom is -0.342 e. The van der Waals surface area contributed by atoms with Crippen LogP contribution < -0.4 is 0 Å². The zero-order valence-corrected chi connectivity index (χ0v) is 13.9. The number of hydrogen-bond acceptors (Lipinski definition) is 3. The van der Waals surface area contributed by atoms with E-state index < -0.39 is 0 Å². The molecule has 2 fully saturated rings. The molecule has 1 aromatic rings. The van der Waals surface area contributed by atoms with Crippen LogP contribution in [0.15, 0.2) is 24.3 Å². The monoisotopic (exact) mass is 316 g/mol. The lowest BCUT2D eigenvalue weighted by Gasteiger charge is -2.43. The number of nitrogens with zero attached hydrogens (tertiary/aromatic N) is 2. The highest BCUT2D eigenvalue weighted by molar-refractivity contribution is 5.80. The number of carbonyl (C=O) groups excluding carboxylic acids is 2. The second-order valence-electron chi connectivity index (χ2n) is 6.58. The van der Waals surface area contributed by atoms with Gasteiger partial charge >= 0.3 is 0 Å². The Labute approximate surface area is 137 Å². The van der Waals surface area contributed by atoms with E-state index in [1.165, 1.54) is 0 Å². The molecule has 2 heterocycles. The molecule has 5 heteroatoms. The molecule has 2 aliphatic heterocycles. The minimum absolute atomic E-state index is 0.0622. The number of hydroxylamine groups is 2. The lowest BCUT2D eigenvalue weighted by molar-refractivity contribution is -0.202. The van der Waals surface area contributed by atoms with Crippen molar-refractivity contribution in [1.82, 2.24) is 9.96 Å². The normalized spacial score (nSPS) is 20.3. The summed E-state index contributed by atoms with van der Waals surface area (Å²) in [6.45, 7) is 3.42. The van der Waals surface area contributed by atoms with Crippen molar-refractivity contribution >= 4 is 11.8 Å². The van der Waals surface area contributed by atoms with Crippen LogP contribution in [0.2, 0.25) is 0 Å². The van der Waals surface area contributed by atoms with E-state index in [2.05, 4.69) is 0 Å². The van der Waals surface area contributed by atoms with Gasteiger partial charge in [0, 0.05) is 19.5 Å². The average Bonchev–Trinajstić information content (AvgIpc) is 2.86. The number of benzene rings is 1. The third kappa shape index (κ3) is 2.98. The fourth-order valence-corrected chi connectivity index (χ4v) is 3.81. The van der Waals surface area contributed by atoms with Crippen molar-refractivity contribution in [3.63, 3.8) is 0 Å². The summed E-state index contributed by atoms with van der Waals surface area (Å²) >= 11 is 0. The van der Waals surface area contributed by atoms with Crippen LogP contribution in [0.4, 0.5) is 0 Å². The first-order valence-electron chi connectivity index (χ1n) is 8.25. The van der Waals surface area contributed by atoms with Gasteiger partial charge in [0.2, 0.25) is 11.8 Å². The number of amides is 2. The van der Waals surface area contributed by atoms with Gasteiger partial charge in [-0.15, -0.1) is 0 Å². The van der Waals surface area contributed by atoms with Crippen LogP contribution in [-0.2, 0) is 20.8 Å². The van der Waals surface area contributed by atoms with Gasteiger partial charge in [0.05, 0.1) is 19.1 Å². The van der Waals surface area contributed by atoms with Gasteiger partial charge < -0.3 is 4.90 Å². The first-order valence-corrected chi connectivity index (χ1v) is 8.25. The average molecular weight is 316 g/mol. The van der Waals surface area contributed by atoms with Crippen molar-refractivity contribution in [3.8, 4) is 0 Å². The third-order valence-electron chi connectivity index (χ3n) is 5.29. The van der Waals surface area contributed by atoms with E-state index >= 15 is 0 Å². The highest BCUT2D eigenvalue weighted by Gasteiger charge is 2.48. The van der Waals surface area contributed by atoms with Crippen molar-refractivity contribution in [3.05, 3.63) is 35.4 Å². The van der Waals surface area contributed by atoms with Crippen molar-refractivity contribution < 1.29 is 14.4 Å². The predicted molar refractivity (Wildman–Crippen MR) is 86.5 cm³/mol. The Morgan fingerprint density at radius 3 is 2.57 bits per heavy atom. The van der Waals surface area contributed by atoms with Crippen molar-refractivity contribution in [2.45, 2.75) is 44.6 Å². The van der Waals surface area contributed by atoms with Crippen LogP contribution in [0.3, 0.4) is 0 Å². The standard InChI is InChI=1S/C18H24N2O3/c1-14-5-3-4-6-15(14)13-17(22)19-11-9-18(10-12-19)8-7-16(21)20(18)23-2/h3-6H,7-13H2,1-2H3. The molecule has 0 bridgehead atoms. The van der Waals surface area contributed by atoms with E-state index in [9.17, 15) is 9.59 Å². The van der Waals surface area contributed by atoms with Crippen LogP contribution in [0.5, 0.6) is 0 Å². The Bertz CT molecular complexity index is 606. The highest BCUT2D eigenvalue weighted by atomic mass is 16.7. The van der Waals surface area contributed by atoms with E-state index in [1.807, 2.05) is 36.1 Å². The number of aryl methyl sites for hydroxylation is 1. The zero-order chi connectivity index (χ0) is 16.4. The Morgan fingerprint density at radius 2 is 1.91 bits per heavy atom. The highest BCUT2D eigenvalue weighted by Crippen LogP contribution is 2.39. The first kappa shape index (κ1) is 16.0. The Morgan fingerprint density at radius 1 is 1.22 bits per heavy atom. The third-order valence-corrected chi connectivity index (χ3v) is 5.29. The molecule has 0 N–H and O–H groups in total. The van der Waals surface area contributed by atoms with E-state index in [-0.39, 0.29) is 17.4 Å². The maximum absolute atomic E-state index is 12.6. The molecule has 1 spiro atoms. The summed E-state index contributed by atoms with van der Waals surface area (Å²) < 4.78 is 0. The summed E-state index contributed by atoms with van der Waals surface area (Å²) in [7, 11) is 1.56. The molecule has 23 heavy (non-hydrogen) atoms. The van der Waals surface area contributed by atoms with Crippen LogP contribution >= 0.6 is 0 Å². The Hall–Kier alpha value is -1.88. The van der Waals surface area contributed by atoms with Gasteiger partial charge in [-0.2, -0.15) is 0 Å². The van der Waals surface area contributed by atoms with E-state index in [0.717, 1.165) is 30.4 Å². The van der Waals surface area contributed by atoms with Gasteiger partial charge in [-0.1, -0.05) is 24.3 Å². The molecular formula is C18H24N2O3. The van der Waals surface area contributed by atoms with E-state index in [4.69, 9.17) is 4.84 Å². The Kier molecular flexibility index (Phi) is 4.39. The van der Waals surface area contributed by atoms with Crippen molar-refractivity contribution in [1.29, 1.82) is 0 Å². The zero-order valence-electron chi connectivity index (χ0n) is 13.9. The molecule has 5 nitrogen and oxygen atoms in total. The van der Waals surface area contributed by atoms with Crippen LogP contribution in [-0.4, -0.2) is 47.5 Å². The van der Waals surface area contributed by atoms with Crippen LogP contribution in [0.1, 0.15) is 36.8 Å². The number of hydrogen-bond donors (Lipinski definition) is 0. The summed E-state index contributed by atoms with van der Waals surface area (Å²) in [4.78, 5) is 31.7. The number of carbonyl (C=O) groups is 2. The summed E-state index contributed by atoms with van der Waals surface area (Å²) in [6, 6.07) is 8.02. The summed E-state index contributed by atoms with van der Waals surface area (Å²) in [6.07, 6.45) is 3.43. The molecule has 0 radical (unpaired) electrons. The van der Waals surface area contributed by atoms with Crippen molar-refractivity contribution in [2.24, 2.45) is 0 Å². The van der Waals surface area contributed by atoms with Gasteiger partial charge in [-0.25, -0.2) is 5.06 Å². The largest absolute Gasteiger partial charge is 0.342 e. The lowest BCUT2D eigenvalue weighted by atomic mass is 9.85. The topological polar surface area (TPSA) is 49.9 Å². The van der Waals surface area contributed by atoms with Crippen LogP contribution in [0, 0.1) is 6.92 Å². The molecule has 2 aliphatic rings. The maximum Gasteiger partial charge on any atom is 0.246 e. The second-order valence-corrected chi connectivity index (χ2v) is 6.58. The van der Waals surface area contributed by atoms with Gasteiger partial charge in [0.1, 0.15) is 0 Å². The molecular weight excluding hydrogens is 292 g/mol. The van der Waals surface area contributed by atoms with E-state index in [1.54, 1.807) is 12.2 Å². The molecule has 1 aromatic carbocycles. The fraction of sp³-hybridized carbons (Fsp3) is 0.556. The number of rotatable bonds is 3. The lowest BCUT2D eigenvalue weighted by Crippen LogP contribution is -2.54. The predicted octanol–water partition coefficient (Wildman–Crippen LogP) is 2.08. The molecule has 2 saturated heterocycles. The summed E-state index contributed by atoms with van der Waals surface area (Å²) in [5.41, 5.74) is 2.04. The quantitative estimate of drug-likeness (QED) is 0.858. The van der Waals surface area contributed by atoms with E-state index in [0.29, 0.717) is 25.9 Å². The van der Waals surface area contributed by atoms with Gasteiger partial charge in [-0.3, -0.25) is 14.4 Å². The molecule has 0 aliphatic carbocycles. The number of likely N-dealkylation sites (tertiary alicyclic amines) is 1. The van der Waals surface area contributed by atoms with Gasteiger partial charge in [0.15, 0.2) is 0 Å². The van der Waals surface area contributed by atoms with Gasteiger partial charge in [0.25, 0.3) is 0 Å². The Balaban J connectivity index is 1.62. The summed E-state index contributed by atoms with van der Waals surface area (Å²) in [5.74, 6) is 0.231. The second kappa shape index (κ2) is 6.32. The minimum atomic E-state index is -0.203. The fourth-order valence-electron chi connectivity index (χ4n) is 3.81. The molecule has 0 saturated carbocycles. The molecule has 124 valence electrons. The maximum atomic E-state index is 12.6. The molecule has 0 unspecified atom stereocenters. The molecule has 2 amide bonds. The number of piperidine rings is 1.